The number of carbonyl (C=O) groups excluding carboxylic acids is 2. The van der Waals surface area contributed by atoms with E-state index in [0.29, 0.717) is 12.8 Å². The lowest BCUT2D eigenvalue weighted by atomic mass is 9.97. The van der Waals surface area contributed by atoms with Gasteiger partial charge in [0.25, 0.3) is 0 Å². The number of ether oxygens (including phenoxy) is 1. The molecule has 0 heterocycles. The van der Waals surface area contributed by atoms with Crippen molar-refractivity contribution in [2.45, 2.75) is 51.6 Å². The van der Waals surface area contributed by atoms with Crippen molar-refractivity contribution in [2.75, 3.05) is 0 Å². The van der Waals surface area contributed by atoms with Crippen LogP contribution in [-0.4, -0.2) is 17.9 Å². The third kappa shape index (κ3) is 3.57. The topological polar surface area (TPSA) is 43.4 Å². The summed E-state index contributed by atoms with van der Waals surface area (Å²) >= 11 is 0. The largest absolute Gasteiger partial charge is 0.455 e. The minimum Gasteiger partial charge on any atom is -0.455 e. The van der Waals surface area contributed by atoms with Gasteiger partial charge in [0.15, 0.2) is 11.9 Å². The van der Waals surface area contributed by atoms with E-state index in [-0.39, 0.29) is 11.8 Å². The van der Waals surface area contributed by atoms with Crippen LogP contribution in [0.15, 0.2) is 0 Å². The average Bonchev–Trinajstić information content (AvgIpc) is 2.04. The fraction of sp³-hybridized carbons (Fsp3) is 0.800. The van der Waals surface area contributed by atoms with Gasteiger partial charge in [-0.25, -0.2) is 0 Å². The number of carbonyl (C=O) groups is 2. The van der Waals surface area contributed by atoms with Crippen LogP contribution in [0.3, 0.4) is 0 Å². The molecule has 1 aliphatic carbocycles. The second-order valence-corrected chi connectivity index (χ2v) is 3.52. The molecule has 0 aliphatic heterocycles. The summed E-state index contributed by atoms with van der Waals surface area (Å²) in [5.41, 5.74) is 0. The van der Waals surface area contributed by atoms with Crippen molar-refractivity contribution in [2.24, 2.45) is 0 Å². The zero-order valence-electron chi connectivity index (χ0n) is 8.04. The maximum atomic E-state index is 11.4. The van der Waals surface area contributed by atoms with Crippen LogP contribution in [0.2, 0.25) is 0 Å². The molecule has 3 nitrogen and oxygen atoms in total. The van der Waals surface area contributed by atoms with E-state index in [0.717, 1.165) is 25.7 Å². The molecule has 3 heteroatoms. The summed E-state index contributed by atoms with van der Waals surface area (Å²) in [7, 11) is 0. The quantitative estimate of drug-likeness (QED) is 0.584. The van der Waals surface area contributed by atoms with E-state index in [4.69, 9.17) is 4.74 Å². The molecule has 0 bridgehead atoms. The average molecular weight is 184 g/mol. The first kappa shape index (κ1) is 10.2. The Morgan fingerprint density at radius 1 is 1.31 bits per heavy atom. The lowest BCUT2D eigenvalue weighted by Gasteiger charge is -2.17. The van der Waals surface area contributed by atoms with Gasteiger partial charge in [-0.15, -0.1) is 0 Å². The highest BCUT2D eigenvalue weighted by Gasteiger charge is 2.21. The third-order valence-corrected chi connectivity index (χ3v) is 2.31. The smallest absolute Gasteiger partial charge is 0.303 e. The van der Waals surface area contributed by atoms with Crippen LogP contribution >= 0.6 is 0 Å². The summed E-state index contributed by atoms with van der Waals surface area (Å²) < 4.78 is 4.95. The molecule has 0 N–H and O–H groups in total. The second kappa shape index (κ2) is 5.00. The zero-order chi connectivity index (χ0) is 9.68. The number of hydrogen-bond acceptors (Lipinski definition) is 3. The van der Waals surface area contributed by atoms with Crippen molar-refractivity contribution in [1.82, 2.24) is 0 Å². The maximum Gasteiger partial charge on any atom is 0.303 e. The lowest BCUT2D eigenvalue weighted by Crippen LogP contribution is -2.27. The van der Waals surface area contributed by atoms with Gasteiger partial charge in [-0.1, -0.05) is 12.8 Å². The number of hydrogen-bond donors (Lipinski definition) is 0. The van der Waals surface area contributed by atoms with E-state index in [1.165, 1.54) is 6.92 Å². The van der Waals surface area contributed by atoms with Crippen molar-refractivity contribution < 1.29 is 14.3 Å². The Hall–Kier alpha value is -0.860. The molecule has 0 spiro atoms. The minimum absolute atomic E-state index is 0.0925. The van der Waals surface area contributed by atoms with Crippen LogP contribution in [0.1, 0.15) is 45.4 Å². The Morgan fingerprint density at radius 3 is 2.69 bits per heavy atom. The predicted octanol–water partition coefficient (Wildman–Crippen LogP) is 1.84. The Morgan fingerprint density at radius 2 is 2.00 bits per heavy atom. The second-order valence-electron chi connectivity index (χ2n) is 3.52. The molecule has 0 radical (unpaired) electrons. The fourth-order valence-corrected chi connectivity index (χ4v) is 1.63. The van der Waals surface area contributed by atoms with Gasteiger partial charge < -0.3 is 4.74 Å². The van der Waals surface area contributed by atoms with Crippen molar-refractivity contribution in [3.05, 3.63) is 0 Å². The predicted molar refractivity (Wildman–Crippen MR) is 48.3 cm³/mol. The van der Waals surface area contributed by atoms with Gasteiger partial charge in [0.2, 0.25) is 0 Å². The molecule has 0 amide bonds. The van der Waals surface area contributed by atoms with E-state index in [1.54, 1.807) is 0 Å². The van der Waals surface area contributed by atoms with E-state index < -0.39 is 6.10 Å². The van der Waals surface area contributed by atoms with E-state index in [2.05, 4.69) is 0 Å². The highest BCUT2D eigenvalue weighted by atomic mass is 16.5. The molecule has 0 aromatic carbocycles. The molecule has 13 heavy (non-hydrogen) atoms. The first-order chi connectivity index (χ1) is 6.20. The first-order valence-corrected chi connectivity index (χ1v) is 4.90. The number of esters is 1. The molecule has 1 atom stereocenters. The van der Waals surface area contributed by atoms with Gasteiger partial charge in [0.1, 0.15) is 0 Å². The molecule has 1 aliphatic rings. The van der Waals surface area contributed by atoms with Gasteiger partial charge in [-0.3, -0.25) is 9.59 Å². The fourth-order valence-electron chi connectivity index (χ4n) is 1.63. The normalized spacial score (nSPS) is 24.7. The molecular weight excluding hydrogens is 168 g/mol. The van der Waals surface area contributed by atoms with Crippen LogP contribution in [0, 0.1) is 0 Å². The molecule has 0 aromatic heterocycles. The SMILES string of the molecule is CC(=O)O[C@@H]1CCCCCCC1=O. The molecule has 0 saturated heterocycles. The maximum absolute atomic E-state index is 11.4. The van der Waals surface area contributed by atoms with Crippen LogP contribution < -0.4 is 0 Å². The van der Waals surface area contributed by atoms with Gasteiger partial charge in [-0.05, 0) is 19.3 Å². The van der Waals surface area contributed by atoms with Gasteiger partial charge >= 0.3 is 5.97 Å². The number of Topliss-reactive ketones (excluding diaryl/α,β-unsaturated/α-hetero) is 1. The van der Waals surface area contributed by atoms with E-state index in [9.17, 15) is 9.59 Å². The van der Waals surface area contributed by atoms with Crippen LogP contribution in [-0.2, 0) is 14.3 Å². The van der Waals surface area contributed by atoms with Crippen molar-refractivity contribution in [3.63, 3.8) is 0 Å². The van der Waals surface area contributed by atoms with Gasteiger partial charge in [0.05, 0.1) is 0 Å². The van der Waals surface area contributed by atoms with Gasteiger partial charge in [0, 0.05) is 13.3 Å². The highest BCUT2D eigenvalue weighted by Crippen LogP contribution is 2.16. The van der Waals surface area contributed by atoms with Crippen LogP contribution in [0.4, 0.5) is 0 Å². The molecule has 74 valence electrons. The third-order valence-electron chi connectivity index (χ3n) is 2.31. The van der Waals surface area contributed by atoms with Crippen molar-refractivity contribution in [1.29, 1.82) is 0 Å². The summed E-state index contributed by atoms with van der Waals surface area (Å²) in [5, 5.41) is 0. The lowest BCUT2D eigenvalue weighted by molar-refractivity contribution is -0.153. The van der Waals surface area contributed by atoms with Crippen molar-refractivity contribution >= 4 is 11.8 Å². The molecule has 0 aromatic rings. The number of ketones is 1. The summed E-state index contributed by atoms with van der Waals surface area (Å²) in [6.07, 6.45) is 5.01. The molecular formula is C10H16O3. The Balaban J connectivity index is 2.46. The molecule has 0 unspecified atom stereocenters. The van der Waals surface area contributed by atoms with Gasteiger partial charge in [-0.2, -0.15) is 0 Å². The molecule has 1 rings (SSSR count). The van der Waals surface area contributed by atoms with Crippen LogP contribution in [0.25, 0.3) is 0 Å². The summed E-state index contributed by atoms with van der Waals surface area (Å²) in [4.78, 5) is 22.1. The van der Waals surface area contributed by atoms with Crippen molar-refractivity contribution in [3.8, 4) is 0 Å². The molecule has 1 fully saturated rings. The minimum atomic E-state index is -0.460. The Labute approximate surface area is 78.5 Å². The zero-order valence-corrected chi connectivity index (χ0v) is 8.04. The standard InChI is InChI=1S/C10H16O3/c1-8(11)13-10-7-5-3-2-4-6-9(10)12/h10H,2-7H2,1H3/t10-/m1/s1. The number of rotatable bonds is 1. The van der Waals surface area contributed by atoms with E-state index in [1.807, 2.05) is 0 Å². The molecule has 1 saturated carbocycles. The summed E-state index contributed by atoms with van der Waals surface area (Å²) in [6.45, 7) is 1.35. The Kier molecular flexibility index (Phi) is 3.93. The first-order valence-electron chi connectivity index (χ1n) is 4.90. The Bertz CT molecular complexity index is 198. The van der Waals surface area contributed by atoms with E-state index >= 15 is 0 Å². The highest BCUT2D eigenvalue weighted by molar-refractivity contribution is 5.85. The summed E-state index contributed by atoms with van der Waals surface area (Å²) in [5.74, 6) is -0.256. The summed E-state index contributed by atoms with van der Waals surface area (Å²) in [6, 6.07) is 0. The monoisotopic (exact) mass is 184 g/mol. The van der Waals surface area contributed by atoms with Crippen LogP contribution in [0.5, 0.6) is 0 Å².